The van der Waals surface area contributed by atoms with Crippen LogP contribution < -0.4 is 29.6 Å². The predicted molar refractivity (Wildman–Crippen MR) is 292 cm³/mol. The first-order valence-electron chi connectivity index (χ1n) is 31.0. The molecule has 6 saturated heterocycles. The van der Waals surface area contributed by atoms with Crippen molar-refractivity contribution in [1.82, 2.24) is 0 Å². The largest absolute Gasteiger partial charge is 1.00 e. The zero-order chi connectivity index (χ0) is 63.6. The van der Waals surface area contributed by atoms with E-state index in [0.29, 0.717) is 31.6 Å². The van der Waals surface area contributed by atoms with Gasteiger partial charge in [0.15, 0.2) is 31.5 Å². The molecule has 6 aliphatic heterocycles. The van der Waals surface area contributed by atoms with E-state index in [1.54, 1.807) is 0 Å². The van der Waals surface area contributed by atoms with E-state index in [1.807, 2.05) is 6.92 Å². The van der Waals surface area contributed by atoms with E-state index in [0.717, 1.165) is 12.0 Å². The zero-order valence-corrected chi connectivity index (χ0v) is 54.6. The van der Waals surface area contributed by atoms with Crippen LogP contribution in [-0.4, -0.2) is 270 Å². The fraction of sp³-hybridized carbons (Fsp3) is 0.966. The van der Waals surface area contributed by atoms with E-state index in [2.05, 4.69) is 40.7 Å². The maximum Gasteiger partial charge on any atom is 1.00 e. The van der Waals surface area contributed by atoms with Crippen LogP contribution in [0, 0.1) is 46.3 Å². The average Bonchev–Trinajstić information content (AvgIpc) is 1.39. The van der Waals surface area contributed by atoms with Crippen LogP contribution in [0.25, 0.3) is 0 Å². The van der Waals surface area contributed by atoms with Crippen LogP contribution in [0.2, 0.25) is 0 Å². The third kappa shape index (κ3) is 13.4. The van der Waals surface area contributed by atoms with Crippen molar-refractivity contribution in [1.29, 1.82) is 0 Å². The van der Waals surface area contributed by atoms with Crippen LogP contribution in [0.4, 0.5) is 0 Å². The first-order valence-corrected chi connectivity index (χ1v) is 32.3. The molecule has 4 aliphatic carbocycles. The third-order valence-electron chi connectivity index (χ3n) is 22.1. The topological polar surface area (TPSA) is 434 Å². The van der Waals surface area contributed by atoms with Gasteiger partial charge in [0, 0.05) is 0 Å². The Hall–Kier alpha value is -0.350. The van der Waals surface area contributed by atoms with Gasteiger partial charge in [0.1, 0.15) is 104 Å². The molecule has 30 heteroatoms. The summed E-state index contributed by atoms with van der Waals surface area (Å²) in [5.74, 6) is -0.278. The van der Waals surface area contributed by atoms with Gasteiger partial charge >= 0.3 is 29.6 Å². The second-order valence-electron chi connectivity index (χ2n) is 27.8. The Morgan fingerprint density at radius 1 is 0.602 bits per heavy atom. The van der Waals surface area contributed by atoms with Crippen molar-refractivity contribution >= 4 is 10.4 Å². The minimum atomic E-state index is -5.15. The minimum Gasteiger partial charge on any atom is -0.726 e. The smallest absolute Gasteiger partial charge is 0.726 e. The number of hydrogen-bond donors (Lipinski definition) is 13. The number of allylic oxidation sites excluding steroid dienone is 2. The Balaban J connectivity index is 0.00000922. The van der Waals surface area contributed by atoms with E-state index in [4.69, 9.17) is 56.3 Å². The fourth-order valence-corrected chi connectivity index (χ4v) is 17.0. The van der Waals surface area contributed by atoms with Crippen LogP contribution >= 0.6 is 0 Å². The molecule has 502 valence electrons. The van der Waals surface area contributed by atoms with Crippen molar-refractivity contribution < 1.29 is 165 Å². The summed E-state index contributed by atoms with van der Waals surface area (Å²) in [6, 6.07) is 0. The van der Waals surface area contributed by atoms with E-state index in [9.17, 15) is 79.4 Å². The molecule has 0 radical (unpaired) electrons. The number of epoxide rings is 1. The molecule has 0 unspecified atom stereocenters. The summed E-state index contributed by atoms with van der Waals surface area (Å²) in [4.78, 5) is 0. The van der Waals surface area contributed by atoms with Gasteiger partial charge in [-0.15, -0.1) is 0 Å². The summed E-state index contributed by atoms with van der Waals surface area (Å²) < 4.78 is 109. The van der Waals surface area contributed by atoms with Crippen LogP contribution in [0.3, 0.4) is 0 Å². The zero-order valence-electron chi connectivity index (χ0n) is 51.8. The predicted octanol–water partition coefficient (Wildman–Crippen LogP) is -5.57. The van der Waals surface area contributed by atoms with Gasteiger partial charge in [-0.3, -0.25) is 4.18 Å². The molecule has 3 saturated carbocycles. The van der Waals surface area contributed by atoms with Gasteiger partial charge in [0.25, 0.3) is 0 Å². The quantitative estimate of drug-likeness (QED) is 0.0212. The Bertz CT molecular complexity index is 2500. The van der Waals surface area contributed by atoms with Crippen LogP contribution in [-0.2, 0) is 66.7 Å². The minimum absolute atomic E-state index is 0. The number of aliphatic hydroxyl groups is 13. The van der Waals surface area contributed by atoms with Crippen molar-refractivity contribution in [2.24, 2.45) is 46.3 Å². The molecule has 9 fully saturated rings. The summed E-state index contributed by atoms with van der Waals surface area (Å²) in [7, 11) is -5.15. The molecule has 88 heavy (non-hydrogen) atoms. The summed E-state index contributed by atoms with van der Waals surface area (Å²) >= 11 is 0. The Labute approximate surface area is 535 Å². The Kier molecular flexibility index (Phi) is 22.3. The van der Waals surface area contributed by atoms with Gasteiger partial charge in [-0.2, -0.15) is 0 Å². The van der Waals surface area contributed by atoms with E-state index < -0.39 is 205 Å². The van der Waals surface area contributed by atoms with Crippen molar-refractivity contribution in [3.8, 4) is 0 Å². The molecule has 6 heterocycles. The van der Waals surface area contributed by atoms with Crippen LogP contribution in [0.1, 0.15) is 114 Å². The number of fused-ring (bicyclic) bond motifs is 5. The summed E-state index contributed by atoms with van der Waals surface area (Å²) in [6.07, 6.45) is -39.3. The van der Waals surface area contributed by atoms with E-state index in [1.165, 1.54) is 27.7 Å². The van der Waals surface area contributed by atoms with Crippen LogP contribution in [0.5, 0.6) is 0 Å². The molecule has 10 rings (SSSR count). The number of aliphatic hydroxyl groups excluding tert-OH is 12. The number of hydrogen-bond acceptors (Lipinski definition) is 28. The molecule has 0 spiro atoms. The maximum atomic E-state index is 12.5. The van der Waals surface area contributed by atoms with Crippen molar-refractivity contribution in [2.45, 2.75) is 298 Å². The summed E-state index contributed by atoms with van der Waals surface area (Å²) in [6.45, 7) is 17.3. The SMILES string of the molecule is CC(C)[C@H](C)[C@@H]1O[C@H]1[C@](C)(O)[C@H]1CC[C@H]2[C@@H]3C[C@H](O[C@@H]4O[C@H](CO)[C@@H](O)[C@H](O[C@@H]5O[C@H](C)[C@@H](O[C@@H]6O[C@H](C)[C@H](O)[C@H](O)[C@H]6O[C@@H]6O[C@H](C)[C@H](O)[C@H](O)[C@H]6O)[C@H](O)[C@H]5O[C@@H]5O[C@H](C)[C@H](O)[C@H](O)[C@H]5O)[C@H]4O)[C@H]4C[C@@H](OS(=O)(=O)[O-])CC[C@]4(C)C3=CC[C@]12C.[Na+]. The third-order valence-corrected chi connectivity index (χ3v) is 22.6. The number of ether oxygens (including phenoxy) is 11. The first kappa shape index (κ1) is 71.9. The molecule has 0 aromatic heterocycles. The fourth-order valence-electron chi connectivity index (χ4n) is 16.5. The summed E-state index contributed by atoms with van der Waals surface area (Å²) in [5.41, 5.74) is -1.10. The molecule has 13 N–H and O–H groups in total. The second-order valence-corrected chi connectivity index (χ2v) is 28.8. The Morgan fingerprint density at radius 2 is 1.11 bits per heavy atom. The average molecular weight is 1300 g/mol. The molecule has 28 nitrogen and oxygen atoms in total. The number of rotatable bonds is 17. The Morgan fingerprint density at radius 3 is 1.67 bits per heavy atom. The van der Waals surface area contributed by atoms with Gasteiger partial charge in [-0.05, 0) is 126 Å². The molecule has 0 amide bonds. The van der Waals surface area contributed by atoms with Gasteiger partial charge in [-0.1, -0.05) is 46.3 Å². The monoisotopic (exact) mass is 1290 g/mol. The molecule has 0 aromatic rings. The molecule has 0 aromatic carbocycles. The standard InChI is InChI=1S/C58H96O28S.Na/c1-20(2)21(3)45-50(81-45)58(10,71)33-12-11-28-27-18-31(30-17-26(86-87(72,73)74)13-15-56(30,8)29(27)14-16-57(28,33)9)79-53-44(70)47(37(63)32(19-59)80-53)83-55-49(85-52-42(68)39(65)35(61)23(5)76-52)43(69)46(25(7)78-55)82-54-48(40(66)36(62)24(6)77-54)84-51-41(67)38(64)34(60)22(4)75-51;/h14,20-28,30-55,59-71H,11-13,15-19H2,1-10H3,(H,72,73,74);/q;+1/p-1/t21-,22+,23+,24+,25+,26-,27-,28-,30+,31-,32+,33-,34-,35-,36-,37+,38-,39-,40-,41+,42+,43-,44+,45-,46+,47-,48+,49+,50+,51-,52-,53+,54-,55-,56+,57-,58+;/m0./s1. The first-order chi connectivity index (χ1) is 40.6. The molecule has 0 bridgehead atoms. The molecular formula is C58H95NaO28S. The molecule has 10 aliphatic rings. The summed E-state index contributed by atoms with van der Waals surface area (Å²) in [5, 5.41) is 147. The van der Waals surface area contributed by atoms with E-state index in [-0.39, 0.29) is 78.3 Å². The maximum absolute atomic E-state index is 12.5. The molecular weight excluding hydrogens is 1200 g/mol. The molecule has 37 atom stereocenters. The van der Waals surface area contributed by atoms with Crippen molar-refractivity contribution in [3.63, 3.8) is 0 Å². The second kappa shape index (κ2) is 27.3. The van der Waals surface area contributed by atoms with Crippen molar-refractivity contribution in [2.75, 3.05) is 6.61 Å². The van der Waals surface area contributed by atoms with Crippen molar-refractivity contribution in [3.05, 3.63) is 11.6 Å². The normalized spacial score (nSPS) is 53.4. The van der Waals surface area contributed by atoms with Gasteiger partial charge in [-0.25, -0.2) is 8.42 Å². The van der Waals surface area contributed by atoms with Crippen LogP contribution in [0.15, 0.2) is 11.6 Å². The van der Waals surface area contributed by atoms with Gasteiger partial charge in [0.05, 0.1) is 54.9 Å². The van der Waals surface area contributed by atoms with E-state index >= 15 is 0 Å². The van der Waals surface area contributed by atoms with Gasteiger partial charge in [0.2, 0.25) is 10.4 Å². The van der Waals surface area contributed by atoms with Gasteiger partial charge < -0.3 is 123 Å².